The maximum Gasteiger partial charge on any atom is 0.00324 e. The highest BCUT2D eigenvalue weighted by molar-refractivity contribution is 5.57. The number of hydrogen-bond donors (Lipinski definition) is 1. The molecule has 1 aromatic rings. The summed E-state index contributed by atoms with van der Waals surface area (Å²) in [6, 6.07) is 6.82. The summed E-state index contributed by atoms with van der Waals surface area (Å²) in [6.07, 6.45) is 6.97. The molecule has 90 valence electrons. The lowest BCUT2D eigenvalue weighted by Crippen LogP contribution is -2.30. The summed E-state index contributed by atoms with van der Waals surface area (Å²) >= 11 is 0. The zero-order chi connectivity index (χ0) is 11.9. The minimum atomic E-state index is 0.488. The normalized spacial score (nSPS) is 31.5. The van der Waals surface area contributed by atoms with Crippen LogP contribution in [-0.4, -0.2) is 13.1 Å². The highest BCUT2D eigenvalue weighted by atomic mass is 14.9. The van der Waals surface area contributed by atoms with Gasteiger partial charge < -0.3 is 5.32 Å². The highest BCUT2D eigenvalue weighted by Crippen LogP contribution is 2.48. The van der Waals surface area contributed by atoms with E-state index in [0.717, 1.165) is 12.5 Å². The molecule has 0 unspecified atom stereocenters. The van der Waals surface area contributed by atoms with Gasteiger partial charge in [0.05, 0.1) is 0 Å². The molecule has 1 aliphatic heterocycles. The third-order valence-electron chi connectivity index (χ3n) is 4.63. The minimum Gasteiger partial charge on any atom is -0.316 e. The molecule has 2 atom stereocenters. The number of hydrogen-bond acceptors (Lipinski definition) is 1. The van der Waals surface area contributed by atoms with E-state index in [9.17, 15) is 0 Å². The lowest BCUT2D eigenvalue weighted by molar-refractivity contribution is 0.277. The summed E-state index contributed by atoms with van der Waals surface area (Å²) in [5, 5.41) is 3.58. The van der Waals surface area contributed by atoms with Crippen LogP contribution in [-0.2, 0) is 6.42 Å². The van der Waals surface area contributed by atoms with Gasteiger partial charge in [-0.2, -0.15) is 0 Å². The first-order valence-corrected chi connectivity index (χ1v) is 6.70. The standard InChI is InChI=1S/C16H21N/c1-3-5-12-6-4-7-14-13(12)8-9-16(2)11-17-10-15(14)16/h3-7,15,17H,8-11H2,1-2H3/b5-3-/t15-,16-/m0/s1. The van der Waals surface area contributed by atoms with E-state index in [4.69, 9.17) is 0 Å². The zero-order valence-electron chi connectivity index (χ0n) is 10.8. The van der Waals surface area contributed by atoms with Crippen molar-refractivity contribution in [3.05, 3.63) is 41.0 Å². The lowest BCUT2D eigenvalue weighted by atomic mass is 9.66. The van der Waals surface area contributed by atoms with Gasteiger partial charge in [-0.25, -0.2) is 0 Å². The fourth-order valence-corrected chi connectivity index (χ4v) is 3.60. The maximum absolute atomic E-state index is 3.58. The molecule has 2 aliphatic rings. The van der Waals surface area contributed by atoms with Crippen LogP contribution < -0.4 is 5.32 Å². The van der Waals surface area contributed by atoms with Crippen LogP contribution in [0.3, 0.4) is 0 Å². The topological polar surface area (TPSA) is 12.0 Å². The molecule has 1 N–H and O–H groups in total. The molecule has 1 nitrogen and oxygen atoms in total. The first-order valence-electron chi connectivity index (χ1n) is 6.70. The Morgan fingerprint density at radius 3 is 3.12 bits per heavy atom. The van der Waals surface area contributed by atoms with Crippen molar-refractivity contribution in [3.63, 3.8) is 0 Å². The first-order chi connectivity index (χ1) is 8.24. The van der Waals surface area contributed by atoms with Crippen LogP contribution >= 0.6 is 0 Å². The van der Waals surface area contributed by atoms with Crippen LogP contribution in [0.15, 0.2) is 24.3 Å². The van der Waals surface area contributed by atoms with Gasteiger partial charge in [-0.15, -0.1) is 0 Å². The summed E-state index contributed by atoms with van der Waals surface area (Å²) in [7, 11) is 0. The average Bonchev–Trinajstić information content (AvgIpc) is 2.72. The van der Waals surface area contributed by atoms with Crippen LogP contribution in [0.2, 0.25) is 0 Å². The second-order valence-corrected chi connectivity index (χ2v) is 5.75. The third-order valence-corrected chi connectivity index (χ3v) is 4.63. The van der Waals surface area contributed by atoms with Crippen molar-refractivity contribution in [1.82, 2.24) is 5.32 Å². The predicted molar refractivity (Wildman–Crippen MR) is 73.2 cm³/mol. The van der Waals surface area contributed by atoms with E-state index in [0.29, 0.717) is 5.41 Å². The average molecular weight is 227 g/mol. The third kappa shape index (κ3) is 1.64. The Balaban J connectivity index is 2.10. The molecule has 1 heteroatoms. The van der Waals surface area contributed by atoms with Crippen LogP contribution in [0.25, 0.3) is 6.08 Å². The van der Waals surface area contributed by atoms with Gasteiger partial charge in [-0.1, -0.05) is 37.3 Å². The zero-order valence-corrected chi connectivity index (χ0v) is 10.8. The summed E-state index contributed by atoms with van der Waals surface area (Å²) in [6.45, 7) is 6.89. The van der Waals surface area contributed by atoms with Crippen LogP contribution in [0.5, 0.6) is 0 Å². The lowest BCUT2D eigenvalue weighted by Gasteiger charge is -2.37. The molecule has 1 saturated heterocycles. The number of fused-ring (bicyclic) bond motifs is 3. The van der Waals surface area contributed by atoms with Crippen LogP contribution in [0.4, 0.5) is 0 Å². The van der Waals surface area contributed by atoms with E-state index in [1.165, 1.54) is 24.9 Å². The van der Waals surface area contributed by atoms with Gasteiger partial charge in [0.25, 0.3) is 0 Å². The predicted octanol–water partition coefficient (Wildman–Crippen LogP) is 3.36. The molecule has 0 saturated carbocycles. The largest absolute Gasteiger partial charge is 0.316 e. The second kappa shape index (κ2) is 3.99. The summed E-state index contributed by atoms with van der Waals surface area (Å²) < 4.78 is 0. The molecule has 1 fully saturated rings. The van der Waals surface area contributed by atoms with Crippen molar-refractivity contribution in [2.24, 2.45) is 5.41 Å². The van der Waals surface area contributed by atoms with Crippen molar-refractivity contribution >= 4 is 6.08 Å². The van der Waals surface area contributed by atoms with Crippen molar-refractivity contribution < 1.29 is 0 Å². The first kappa shape index (κ1) is 11.0. The van der Waals surface area contributed by atoms with Crippen molar-refractivity contribution in [3.8, 4) is 0 Å². The van der Waals surface area contributed by atoms with Gasteiger partial charge in [-0.3, -0.25) is 0 Å². The van der Waals surface area contributed by atoms with Gasteiger partial charge in [0.2, 0.25) is 0 Å². The van der Waals surface area contributed by atoms with Crippen molar-refractivity contribution in [2.75, 3.05) is 13.1 Å². The molecule has 3 rings (SSSR count). The van der Waals surface area contributed by atoms with Gasteiger partial charge in [0.1, 0.15) is 0 Å². The molecule has 17 heavy (non-hydrogen) atoms. The van der Waals surface area contributed by atoms with Gasteiger partial charge in [-0.05, 0) is 41.9 Å². The van der Waals surface area contributed by atoms with Crippen LogP contribution in [0.1, 0.15) is 42.9 Å². The van der Waals surface area contributed by atoms with E-state index >= 15 is 0 Å². The molecule has 0 aromatic heterocycles. The quantitative estimate of drug-likeness (QED) is 0.775. The van der Waals surface area contributed by atoms with E-state index < -0.39 is 0 Å². The SMILES string of the molecule is C/C=C\c1cccc2c1CC[C@@]1(C)CNC[C@@H]21. The number of rotatable bonds is 1. The van der Waals surface area contributed by atoms with Crippen molar-refractivity contribution in [1.29, 1.82) is 0 Å². The molecular formula is C16H21N. The molecular weight excluding hydrogens is 206 g/mol. The Hall–Kier alpha value is -1.08. The molecule has 0 amide bonds. The molecule has 0 bridgehead atoms. The minimum absolute atomic E-state index is 0.488. The monoisotopic (exact) mass is 227 g/mol. The number of benzene rings is 1. The Bertz CT molecular complexity index is 461. The fraction of sp³-hybridized carbons (Fsp3) is 0.500. The Kier molecular flexibility index (Phi) is 2.59. The fourth-order valence-electron chi connectivity index (χ4n) is 3.60. The van der Waals surface area contributed by atoms with E-state index in [1.54, 1.807) is 11.1 Å². The van der Waals surface area contributed by atoms with E-state index in [1.807, 2.05) is 0 Å². The second-order valence-electron chi connectivity index (χ2n) is 5.75. The Morgan fingerprint density at radius 2 is 2.29 bits per heavy atom. The highest BCUT2D eigenvalue weighted by Gasteiger charge is 2.43. The Morgan fingerprint density at radius 1 is 1.41 bits per heavy atom. The van der Waals surface area contributed by atoms with Gasteiger partial charge in [0.15, 0.2) is 0 Å². The number of nitrogens with one attached hydrogen (secondary N) is 1. The van der Waals surface area contributed by atoms with Gasteiger partial charge in [0, 0.05) is 19.0 Å². The smallest absolute Gasteiger partial charge is 0.00324 e. The molecule has 1 heterocycles. The maximum atomic E-state index is 3.58. The summed E-state index contributed by atoms with van der Waals surface area (Å²) in [4.78, 5) is 0. The molecule has 1 aromatic carbocycles. The van der Waals surface area contributed by atoms with Crippen LogP contribution in [0, 0.1) is 5.41 Å². The summed E-state index contributed by atoms with van der Waals surface area (Å²) in [5.41, 5.74) is 5.11. The van der Waals surface area contributed by atoms with E-state index in [-0.39, 0.29) is 0 Å². The summed E-state index contributed by atoms with van der Waals surface area (Å²) in [5.74, 6) is 0.719. The molecule has 0 radical (unpaired) electrons. The van der Waals surface area contributed by atoms with E-state index in [2.05, 4.69) is 49.5 Å². The Labute approximate surface area is 104 Å². The number of allylic oxidation sites excluding steroid dienone is 1. The van der Waals surface area contributed by atoms with Gasteiger partial charge >= 0.3 is 0 Å². The molecule has 0 spiro atoms. The molecule has 1 aliphatic carbocycles. The van der Waals surface area contributed by atoms with Crippen molar-refractivity contribution in [2.45, 2.75) is 32.6 Å².